The molecule has 0 aliphatic heterocycles. The van der Waals surface area contributed by atoms with Gasteiger partial charge in [-0.15, -0.1) is 0 Å². The van der Waals surface area contributed by atoms with Gasteiger partial charge in [0, 0.05) is 16.8 Å². The topological polar surface area (TPSA) is 79.9 Å². The molecule has 90 valence electrons. The van der Waals surface area contributed by atoms with Crippen molar-refractivity contribution in [3.63, 3.8) is 0 Å². The Morgan fingerprint density at radius 1 is 1.11 bits per heavy atom. The van der Waals surface area contributed by atoms with Crippen molar-refractivity contribution in [2.24, 2.45) is 0 Å². The smallest absolute Gasteiger partial charge is 0.504 e. The van der Waals surface area contributed by atoms with Crippen LogP contribution in [-0.4, -0.2) is 16.4 Å². The number of phenolic OH excluding ortho intramolecular Hbond substituents is 1. The van der Waals surface area contributed by atoms with Crippen LogP contribution >= 0.6 is 0 Å². The number of ether oxygens (including phenoxy) is 1. The van der Waals surface area contributed by atoms with E-state index in [1.54, 1.807) is 6.07 Å². The number of benzene rings is 2. The third-order valence-corrected chi connectivity index (χ3v) is 2.66. The van der Waals surface area contributed by atoms with Crippen LogP contribution in [0.15, 0.2) is 40.8 Å². The van der Waals surface area contributed by atoms with Gasteiger partial charge < -0.3 is 19.4 Å². The first-order chi connectivity index (χ1) is 8.65. The number of fused-ring (bicyclic) bond motifs is 3. The van der Waals surface area contributed by atoms with Crippen LogP contribution in [0.3, 0.4) is 0 Å². The Morgan fingerprint density at radius 2 is 1.89 bits per heavy atom. The Hall–Kier alpha value is -2.69. The lowest BCUT2D eigenvalue weighted by molar-refractivity contribution is 0.143. The standard InChI is InChI=1S/C13H8O5/c14-9-6-11-8(5-12(9)18-13(15)16)7-3-1-2-4-10(7)17-11/h1-6,14H,(H,15,16). The number of hydrogen-bond donors (Lipinski definition) is 2. The van der Waals surface area contributed by atoms with Crippen molar-refractivity contribution in [3.8, 4) is 11.5 Å². The summed E-state index contributed by atoms with van der Waals surface area (Å²) in [5, 5.41) is 19.7. The summed E-state index contributed by atoms with van der Waals surface area (Å²) in [5.74, 6) is -0.384. The molecule has 0 aliphatic rings. The maximum absolute atomic E-state index is 10.5. The number of furan rings is 1. The molecule has 5 nitrogen and oxygen atoms in total. The molecule has 0 aliphatic carbocycles. The molecule has 0 saturated heterocycles. The summed E-state index contributed by atoms with van der Waals surface area (Å²) in [6.45, 7) is 0. The van der Waals surface area contributed by atoms with Gasteiger partial charge in [-0.05, 0) is 12.1 Å². The molecule has 0 bridgehead atoms. The fourth-order valence-corrected chi connectivity index (χ4v) is 1.92. The molecule has 5 heteroatoms. The molecular weight excluding hydrogens is 236 g/mol. The van der Waals surface area contributed by atoms with E-state index in [9.17, 15) is 9.90 Å². The number of rotatable bonds is 1. The molecule has 0 fully saturated rings. The maximum atomic E-state index is 10.5. The van der Waals surface area contributed by atoms with Crippen LogP contribution in [0.1, 0.15) is 0 Å². The van der Waals surface area contributed by atoms with Crippen LogP contribution in [0.2, 0.25) is 0 Å². The molecule has 1 heterocycles. The maximum Gasteiger partial charge on any atom is 0.511 e. The Kier molecular flexibility index (Phi) is 2.13. The molecule has 0 spiro atoms. The normalized spacial score (nSPS) is 10.9. The third-order valence-electron chi connectivity index (χ3n) is 2.66. The quantitative estimate of drug-likeness (QED) is 0.506. The first-order valence-corrected chi connectivity index (χ1v) is 5.20. The minimum absolute atomic E-state index is 0.110. The highest BCUT2D eigenvalue weighted by Crippen LogP contribution is 2.36. The molecule has 0 unspecified atom stereocenters. The first-order valence-electron chi connectivity index (χ1n) is 5.20. The minimum Gasteiger partial charge on any atom is -0.504 e. The fourth-order valence-electron chi connectivity index (χ4n) is 1.92. The first kappa shape index (κ1) is 10.5. The summed E-state index contributed by atoms with van der Waals surface area (Å²) in [7, 11) is 0. The van der Waals surface area contributed by atoms with Crippen LogP contribution in [0, 0.1) is 0 Å². The van der Waals surface area contributed by atoms with Gasteiger partial charge in [-0.2, -0.15) is 0 Å². The molecule has 1 aromatic heterocycles. The van der Waals surface area contributed by atoms with Gasteiger partial charge in [0.05, 0.1) is 0 Å². The van der Waals surface area contributed by atoms with E-state index in [1.807, 2.05) is 18.2 Å². The Bertz CT molecular complexity index is 757. The van der Waals surface area contributed by atoms with Crippen molar-refractivity contribution in [2.75, 3.05) is 0 Å². The average molecular weight is 244 g/mol. The highest BCUT2D eigenvalue weighted by molar-refractivity contribution is 6.06. The van der Waals surface area contributed by atoms with Crippen LogP contribution in [0.4, 0.5) is 4.79 Å². The van der Waals surface area contributed by atoms with Crippen molar-refractivity contribution >= 4 is 28.1 Å². The molecule has 0 saturated carbocycles. The van der Waals surface area contributed by atoms with Crippen LogP contribution in [-0.2, 0) is 0 Å². The number of phenols is 1. The van der Waals surface area contributed by atoms with Crippen LogP contribution in [0.25, 0.3) is 21.9 Å². The van der Waals surface area contributed by atoms with Crippen molar-refractivity contribution in [3.05, 3.63) is 36.4 Å². The highest BCUT2D eigenvalue weighted by atomic mass is 16.7. The van der Waals surface area contributed by atoms with E-state index in [2.05, 4.69) is 4.74 Å². The second kappa shape index (κ2) is 3.66. The minimum atomic E-state index is -1.47. The molecular formula is C13H8O5. The molecule has 0 amide bonds. The van der Waals surface area contributed by atoms with Crippen molar-refractivity contribution in [2.45, 2.75) is 0 Å². The number of carbonyl (C=O) groups is 1. The number of hydrogen-bond acceptors (Lipinski definition) is 4. The van der Waals surface area contributed by atoms with Gasteiger partial charge in [0.25, 0.3) is 0 Å². The Labute approximate surface area is 101 Å². The summed E-state index contributed by atoms with van der Waals surface area (Å²) in [5.41, 5.74) is 1.14. The number of aromatic hydroxyl groups is 1. The van der Waals surface area contributed by atoms with E-state index in [0.717, 1.165) is 5.39 Å². The zero-order valence-corrected chi connectivity index (χ0v) is 9.08. The van der Waals surface area contributed by atoms with E-state index < -0.39 is 6.16 Å². The van der Waals surface area contributed by atoms with Gasteiger partial charge in [0.1, 0.15) is 11.2 Å². The SMILES string of the molecule is O=C(O)Oc1cc2c(cc1O)oc1ccccc12. The van der Waals surface area contributed by atoms with Gasteiger partial charge in [0.15, 0.2) is 11.5 Å². The van der Waals surface area contributed by atoms with Crippen molar-refractivity contribution in [1.29, 1.82) is 0 Å². The molecule has 2 N–H and O–H groups in total. The zero-order chi connectivity index (χ0) is 12.7. The van der Waals surface area contributed by atoms with E-state index in [-0.39, 0.29) is 11.5 Å². The Morgan fingerprint density at radius 3 is 2.67 bits per heavy atom. The van der Waals surface area contributed by atoms with Gasteiger partial charge in [-0.25, -0.2) is 4.79 Å². The number of carboxylic acid groups (broad SMARTS) is 1. The van der Waals surface area contributed by atoms with Crippen molar-refractivity contribution < 1.29 is 24.2 Å². The monoisotopic (exact) mass is 244 g/mol. The predicted molar refractivity (Wildman–Crippen MR) is 64.0 cm³/mol. The predicted octanol–water partition coefficient (Wildman–Crippen LogP) is 3.35. The third kappa shape index (κ3) is 1.53. The average Bonchev–Trinajstić information content (AvgIpc) is 2.66. The van der Waals surface area contributed by atoms with E-state index >= 15 is 0 Å². The largest absolute Gasteiger partial charge is 0.511 e. The van der Waals surface area contributed by atoms with E-state index in [1.165, 1.54) is 12.1 Å². The molecule has 3 aromatic rings. The highest BCUT2D eigenvalue weighted by Gasteiger charge is 2.13. The van der Waals surface area contributed by atoms with Crippen LogP contribution < -0.4 is 4.74 Å². The summed E-state index contributed by atoms with van der Waals surface area (Å²) in [4.78, 5) is 10.5. The van der Waals surface area contributed by atoms with Gasteiger partial charge in [-0.3, -0.25) is 0 Å². The second-order valence-electron chi connectivity index (χ2n) is 3.78. The molecule has 2 aromatic carbocycles. The van der Waals surface area contributed by atoms with Gasteiger partial charge >= 0.3 is 6.16 Å². The van der Waals surface area contributed by atoms with E-state index in [4.69, 9.17) is 9.52 Å². The molecule has 0 atom stereocenters. The van der Waals surface area contributed by atoms with Gasteiger partial charge in [0.2, 0.25) is 0 Å². The summed E-state index contributed by atoms with van der Waals surface area (Å²) in [6.07, 6.45) is -1.47. The fraction of sp³-hybridized carbons (Fsp3) is 0. The summed E-state index contributed by atoms with van der Waals surface area (Å²) in [6, 6.07) is 10.1. The lowest BCUT2D eigenvalue weighted by atomic mass is 10.1. The number of para-hydroxylation sites is 1. The lowest BCUT2D eigenvalue weighted by Gasteiger charge is -2.02. The molecule has 0 radical (unpaired) electrons. The zero-order valence-electron chi connectivity index (χ0n) is 9.08. The van der Waals surface area contributed by atoms with Crippen LogP contribution in [0.5, 0.6) is 11.5 Å². The Balaban J connectivity index is 2.31. The molecule has 3 rings (SSSR count). The molecule has 18 heavy (non-hydrogen) atoms. The second-order valence-corrected chi connectivity index (χ2v) is 3.78. The summed E-state index contributed by atoms with van der Waals surface area (Å²) < 4.78 is 10.0. The lowest BCUT2D eigenvalue weighted by Crippen LogP contribution is -2.02. The van der Waals surface area contributed by atoms with Gasteiger partial charge in [-0.1, -0.05) is 18.2 Å². The van der Waals surface area contributed by atoms with Crippen molar-refractivity contribution in [1.82, 2.24) is 0 Å². The summed E-state index contributed by atoms with van der Waals surface area (Å²) >= 11 is 0. The van der Waals surface area contributed by atoms with E-state index in [0.29, 0.717) is 16.6 Å².